The van der Waals surface area contributed by atoms with E-state index in [0.29, 0.717) is 8.87 Å². The van der Waals surface area contributed by atoms with Crippen molar-refractivity contribution in [3.05, 3.63) is 27.0 Å². The number of nitrogens with zero attached hydrogens (tertiary/aromatic N) is 3. The average Bonchev–Trinajstić information content (AvgIpc) is 2.39. The van der Waals surface area contributed by atoms with Crippen LogP contribution in [0.3, 0.4) is 0 Å². The summed E-state index contributed by atoms with van der Waals surface area (Å²) < 4.78 is 26.7. The molecule has 0 radical (unpaired) electrons. The third-order valence-corrected chi connectivity index (χ3v) is 4.39. The Morgan fingerprint density at radius 2 is 2.00 bits per heavy atom. The molecule has 21 heavy (non-hydrogen) atoms. The molecule has 0 atom stereocenters. The second-order valence-corrected chi connectivity index (χ2v) is 6.03. The van der Waals surface area contributed by atoms with Crippen LogP contribution in [0.1, 0.15) is 0 Å². The smallest absolute Gasteiger partial charge is 0.330 e. The summed E-state index contributed by atoms with van der Waals surface area (Å²) in [6.45, 7) is -1.40. The second kappa shape index (κ2) is 5.94. The van der Waals surface area contributed by atoms with Crippen molar-refractivity contribution in [3.8, 4) is 12.3 Å². The number of aryl methyl sites for hydroxylation is 1. The minimum atomic E-state index is -4.43. The number of hydrogen-bond acceptors (Lipinski definition) is 5. The van der Waals surface area contributed by atoms with E-state index in [-0.39, 0.29) is 0 Å². The molecule has 0 aliphatic rings. The van der Waals surface area contributed by atoms with Crippen molar-refractivity contribution in [3.63, 3.8) is 0 Å². The van der Waals surface area contributed by atoms with Crippen molar-refractivity contribution in [2.24, 2.45) is 14.1 Å². The normalized spacial score (nSPS) is 11.3. The Morgan fingerprint density at radius 1 is 1.43 bits per heavy atom. The predicted octanol–water partition coefficient (Wildman–Crippen LogP) is -2.21. The molecule has 0 aliphatic heterocycles. The second-order valence-electron chi connectivity index (χ2n) is 4.12. The summed E-state index contributed by atoms with van der Waals surface area (Å²) in [6.07, 6.45) is 5.85. The molecule has 1 heterocycles. The van der Waals surface area contributed by atoms with Crippen molar-refractivity contribution >= 4 is 16.0 Å². The van der Waals surface area contributed by atoms with E-state index in [4.69, 9.17) is 11.5 Å². The number of aromatic nitrogens is 2. The summed E-state index contributed by atoms with van der Waals surface area (Å²) in [7, 11) is -2.05. The van der Waals surface area contributed by atoms with Gasteiger partial charge >= 0.3 is 11.7 Å². The van der Waals surface area contributed by atoms with Crippen LogP contribution >= 0.6 is 0 Å². The monoisotopic (exact) mass is 315 g/mol. The quantitative estimate of drug-likeness (QED) is 0.616. The molecule has 0 aliphatic carbocycles. The van der Waals surface area contributed by atoms with Crippen LogP contribution in [0.25, 0.3) is 0 Å². The molecule has 1 aromatic heterocycles. The third-order valence-electron chi connectivity index (χ3n) is 2.61. The molecular weight excluding hydrogens is 302 g/mol. The third kappa shape index (κ3) is 3.21. The highest BCUT2D eigenvalue weighted by Gasteiger charge is 2.30. The molecule has 1 aromatic rings. The van der Waals surface area contributed by atoms with Gasteiger partial charge in [-0.3, -0.25) is 14.2 Å². The van der Waals surface area contributed by atoms with Gasteiger partial charge in [0.2, 0.25) is 0 Å². The maximum absolute atomic E-state index is 12.3. The summed E-state index contributed by atoms with van der Waals surface area (Å²) in [5, 5.41) is 8.73. The SMILES string of the molecule is C#CCN(CC(=O)O)S(=O)(=O)c1cn(C)c(=O)n(C)c1=O. The Kier molecular flexibility index (Phi) is 4.72. The van der Waals surface area contributed by atoms with E-state index in [2.05, 4.69) is 0 Å². The van der Waals surface area contributed by atoms with Crippen LogP contribution in [0, 0.1) is 12.3 Å². The Balaban J connectivity index is 3.57. The number of terminal acetylenes is 1. The van der Waals surface area contributed by atoms with Crippen molar-refractivity contribution < 1.29 is 18.3 Å². The van der Waals surface area contributed by atoms with Gasteiger partial charge in [0.15, 0.2) is 4.90 Å². The summed E-state index contributed by atoms with van der Waals surface area (Å²) in [4.78, 5) is 33.5. The molecule has 0 saturated heterocycles. The number of carboxylic acids is 1. The number of hydrogen-bond donors (Lipinski definition) is 1. The van der Waals surface area contributed by atoms with Crippen LogP contribution in [0.2, 0.25) is 0 Å². The first kappa shape index (κ1) is 16.7. The van der Waals surface area contributed by atoms with E-state index in [1.165, 1.54) is 7.05 Å². The van der Waals surface area contributed by atoms with Gasteiger partial charge < -0.3 is 9.67 Å². The largest absolute Gasteiger partial charge is 0.480 e. The van der Waals surface area contributed by atoms with Gasteiger partial charge in [0.1, 0.15) is 6.54 Å². The van der Waals surface area contributed by atoms with E-state index in [1.807, 2.05) is 5.92 Å². The number of rotatable bonds is 5. The van der Waals surface area contributed by atoms with Gasteiger partial charge in [-0.2, -0.15) is 4.31 Å². The van der Waals surface area contributed by atoms with E-state index in [1.54, 1.807) is 0 Å². The van der Waals surface area contributed by atoms with Gasteiger partial charge in [-0.25, -0.2) is 13.2 Å². The zero-order valence-electron chi connectivity index (χ0n) is 11.3. The van der Waals surface area contributed by atoms with Gasteiger partial charge in [0, 0.05) is 20.3 Å². The van der Waals surface area contributed by atoms with Crippen LogP contribution < -0.4 is 11.2 Å². The summed E-state index contributed by atoms with van der Waals surface area (Å²) >= 11 is 0. The molecule has 1 rings (SSSR count). The highest BCUT2D eigenvalue weighted by atomic mass is 32.2. The molecule has 0 unspecified atom stereocenters. The van der Waals surface area contributed by atoms with E-state index >= 15 is 0 Å². The molecule has 9 nitrogen and oxygen atoms in total. The minimum absolute atomic E-state index is 0.469. The first-order valence-electron chi connectivity index (χ1n) is 5.55. The lowest BCUT2D eigenvalue weighted by atomic mass is 10.6. The molecular formula is C11H13N3O6S. The van der Waals surface area contributed by atoms with Crippen LogP contribution in [-0.4, -0.2) is 46.0 Å². The van der Waals surface area contributed by atoms with Gasteiger partial charge in [0.25, 0.3) is 15.6 Å². The van der Waals surface area contributed by atoms with Crippen LogP contribution in [0.5, 0.6) is 0 Å². The number of carbonyl (C=O) groups is 1. The lowest BCUT2D eigenvalue weighted by Gasteiger charge is -2.18. The molecule has 0 aromatic carbocycles. The first-order chi connectivity index (χ1) is 9.62. The number of aliphatic carboxylic acids is 1. The fourth-order valence-corrected chi connectivity index (χ4v) is 3.02. The minimum Gasteiger partial charge on any atom is -0.480 e. The van der Waals surface area contributed by atoms with E-state index < -0.39 is 45.2 Å². The first-order valence-corrected chi connectivity index (χ1v) is 6.99. The zero-order chi connectivity index (χ0) is 16.4. The average molecular weight is 315 g/mol. The number of carboxylic acid groups (broad SMARTS) is 1. The molecule has 0 fully saturated rings. The van der Waals surface area contributed by atoms with E-state index in [9.17, 15) is 22.8 Å². The van der Waals surface area contributed by atoms with Crippen molar-refractivity contribution in [2.75, 3.05) is 13.1 Å². The molecule has 10 heteroatoms. The molecule has 1 N–H and O–H groups in total. The predicted molar refractivity (Wildman–Crippen MR) is 72.2 cm³/mol. The Morgan fingerprint density at radius 3 is 2.48 bits per heavy atom. The lowest BCUT2D eigenvalue weighted by molar-refractivity contribution is -0.137. The summed E-state index contributed by atoms with van der Waals surface area (Å²) in [6, 6.07) is 0. The maximum atomic E-state index is 12.3. The molecule has 114 valence electrons. The van der Waals surface area contributed by atoms with Crippen LogP contribution in [-0.2, 0) is 28.9 Å². The van der Waals surface area contributed by atoms with Crippen molar-refractivity contribution in [2.45, 2.75) is 4.90 Å². The van der Waals surface area contributed by atoms with Crippen molar-refractivity contribution in [1.82, 2.24) is 13.4 Å². The van der Waals surface area contributed by atoms with Gasteiger partial charge in [0.05, 0.1) is 6.54 Å². The zero-order valence-corrected chi connectivity index (χ0v) is 12.1. The van der Waals surface area contributed by atoms with Gasteiger partial charge in [-0.05, 0) is 0 Å². The fraction of sp³-hybridized carbons (Fsp3) is 0.364. The maximum Gasteiger partial charge on any atom is 0.330 e. The van der Waals surface area contributed by atoms with Crippen LogP contribution in [0.4, 0.5) is 0 Å². The van der Waals surface area contributed by atoms with Gasteiger partial charge in [-0.1, -0.05) is 5.92 Å². The number of sulfonamides is 1. The topological polar surface area (TPSA) is 119 Å². The standard InChI is InChI=1S/C11H13N3O6S/c1-4-5-14(7-9(15)16)21(19,20)8-6-12(2)11(18)13(3)10(8)17/h1,6H,5,7H2,2-3H3,(H,15,16). The van der Waals surface area contributed by atoms with Crippen LogP contribution in [0.15, 0.2) is 20.7 Å². The van der Waals surface area contributed by atoms with Gasteiger partial charge in [-0.15, -0.1) is 6.42 Å². The Labute approximate surface area is 120 Å². The summed E-state index contributed by atoms with van der Waals surface area (Å²) in [5.41, 5.74) is -1.76. The molecule has 0 spiro atoms. The molecule has 0 saturated carbocycles. The molecule has 0 amide bonds. The Bertz CT molecular complexity index is 827. The Hall–Kier alpha value is -2.38. The molecule has 0 bridgehead atoms. The fourth-order valence-electron chi connectivity index (χ4n) is 1.57. The summed E-state index contributed by atoms with van der Waals surface area (Å²) in [5.74, 6) is 0.594. The highest BCUT2D eigenvalue weighted by molar-refractivity contribution is 7.89. The highest BCUT2D eigenvalue weighted by Crippen LogP contribution is 2.09. The van der Waals surface area contributed by atoms with E-state index in [0.717, 1.165) is 17.8 Å². The lowest BCUT2D eigenvalue weighted by Crippen LogP contribution is -2.44. The van der Waals surface area contributed by atoms with Crippen molar-refractivity contribution in [1.29, 1.82) is 0 Å².